The van der Waals surface area contributed by atoms with Crippen LogP contribution in [0.25, 0.3) is 0 Å². The Labute approximate surface area is 95.8 Å². The van der Waals surface area contributed by atoms with Gasteiger partial charge in [0.1, 0.15) is 6.17 Å². The normalized spacial score (nSPS) is 25.7. The van der Waals surface area contributed by atoms with Crippen LogP contribution in [0.3, 0.4) is 0 Å². The van der Waals surface area contributed by atoms with Crippen LogP contribution in [0.4, 0.5) is 0 Å². The first-order chi connectivity index (χ1) is 7.60. The minimum atomic E-state index is -0.384. The first-order valence-electron chi connectivity index (χ1n) is 5.58. The van der Waals surface area contributed by atoms with Crippen molar-refractivity contribution in [3.05, 3.63) is 0 Å². The molecule has 16 heavy (non-hydrogen) atoms. The van der Waals surface area contributed by atoms with Gasteiger partial charge >= 0.3 is 0 Å². The summed E-state index contributed by atoms with van der Waals surface area (Å²) < 4.78 is 0. The van der Waals surface area contributed by atoms with Crippen LogP contribution in [0.5, 0.6) is 0 Å². The largest absolute Gasteiger partial charge is 0.355 e. The highest BCUT2D eigenvalue weighted by Crippen LogP contribution is 2.06. The molecule has 2 unspecified atom stereocenters. The summed E-state index contributed by atoms with van der Waals surface area (Å²) in [6.07, 6.45) is -0.384. The van der Waals surface area contributed by atoms with Gasteiger partial charge in [0.15, 0.2) is 0 Å². The summed E-state index contributed by atoms with van der Waals surface area (Å²) in [4.78, 5) is 25.0. The lowest BCUT2D eigenvalue weighted by Gasteiger charge is -2.37. The Morgan fingerprint density at radius 1 is 1.62 bits per heavy atom. The molecular weight excluding hydrogens is 208 g/mol. The predicted molar refractivity (Wildman–Crippen MR) is 60.7 cm³/mol. The number of amides is 2. The molecule has 0 saturated carbocycles. The Morgan fingerprint density at radius 3 is 2.88 bits per heavy atom. The number of hydrogen-bond donors (Lipinski definition) is 3. The van der Waals surface area contributed by atoms with E-state index in [9.17, 15) is 9.59 Å². The summed E-state index contributed by atoms with van der Waals surface area (Å²) in [7, 11) is 1.72. The lowest BCUT2D eigenvalue weighted by molar-refractivity contribution is -0.143. The minimum absolute atomic E-state index is 0.0414. The minimum Gasteiger partial charge on any atom is -0.355 e. The van der Waals surface area contributed by atoms with Crippen LogP contribution in [-0.2, 0) is 9.59 Å². The first-order valence-corrected chi connectivity index (χ1v) is 5.58. The molecular formula is C10H20N4O2. The average molecular weight is 228 g/mol. The van der Waals surface area contributed by atoms with Crippen molar-refractivity contribution in [3.63, 3.8) is 0 Å². The molecule has 0 aromatic carbocycles. The van der Waals surface area contributed by atoms with Gasteiger partial charge in [0.25, 0.3) is 5.91 Å². The van der Waals surface area contributed by atoms with E-state index in [0.29, 0.717) is 13.1 Å². The second-order valence-corrected chi connectivity index (χ2v) is 3.90. The van der Waals surface area contributed by atoms with Gasteiger partial charge in [0.2, 0.25) is 5.91 Å². The molecule has 0 spiro atoms. The van der Waals surface area contributed by atoms with Gasteiger partial charge in [-0.3, -0.25) is 20.2 Å². The molecule has 1 aliphatic heterocycles. The molecule has 1 aliphatic rings. The molecule has 0 radical (unpaired) electrons. The van der Waals surface area contributed by atoms with Crippen LogP contribution in [0.2, 0.25) is 0 Å². The molecule has 0 aromatic rings. The lowest BCUT2D eigenvalue weighted by Crippen LogP contribution is -2.64. The van der Waals surface area contributed by atoms with Crippen molar-refractivity contribution in [2.24, 2.45) is 0 Å². The monoisotopic (exact) mass is 228 g/mol. The van der Waals surface area contributed by atoms with E-state index in [1.165, 1.54) is 0 Å². The van der Waals surface area contributed by atoms with Gasteiger partial charge in [-0.05, 0) is 20.9 Å². The van der Waals surface area contributed by atoms with Gasteiger partial charge < -0.3 is 10.2 Å². The van der Waals surface area contributed by atoms with Crippen molar-refractivity contribution in [2.75, 3.05) is 26.7 Å². The predicted octanol–water partition coefficient (Wildman–Crippen LogP) is -1.51. The summed E-state index contributed by atoms with van der Waals surface area (Å²) in [6.45, 7) is 5.20. The van der Waals surface area contributed by atoms with Crippen LogP contribution in [0.1, 0.15) is 13.8 Å². The highest BCUT2D eigenvalue weighted by atomic mass is 16.2. The Kier molecular flexibility index (Phi) is 4.70. The maximum Gasteiger partial charge on any atom is 0.255 e. The quantitative estimate of drug-likeness (QED) is 0.547. The Balaban J connectivity index is 2.60. The van der Waals surface area contributed by atoms with E-state index >= 15 is 0 Å². The third-order valence-corrected chi connectivity index (χ3v) is 2.66. The molecule has 6 nitrogen and oxygen atoms in total. The second kappa shape index (κ2) is 5.81. The molecule has 2 atom stereocenters. The fourth-order valence-electron chi connectivity index (χ4n) is 1.74. The number of nitrogens with zero attached hydrogens (tertiary/aromatic N) is 1. The van der Waals surface area contributed by atoms with E-state index in [2.05, 4.69) is 16.0 Å². The summed E-state index contributed by atoms with van der Waals surface area (Å²) in [6, 6.07) is 0.0414. The number of carbonyl (C=O) groups excluding carboxylic acids is 2. The summed E-state index contributed by atoms with van der Waals surface area (Å²) in [5.41, 5.74) is 0. The van der Waals surface area contributed by atoms with Crippen LogP contribution >= 0.6 is 0 Å². The highest BCUT2D eigenvalue weighted by Gasteiger charge is 2.32. The standard InChI is InChI=1S/C10H20N4O2/c1-4-12-8(15)6-14-7(2)5-13-9(11-3)10(14)16/h7,9,11,13H,4-6H2,1-3H3,(H,12,15). The molecule has 0 aromatic heterocycles. The van der Waals surface area contributed by atoms with Gasteiger partial charge in [-0.15, -0.1) is 0 Å². The van der Waals surface area contributed by atoms with E-state index < -0.39 is 0 Å². The zero-order valence-electron chi connectivity index (χ0n) is 10.0. The SMILES string of the molecule is CCNC(=O)CN1C(=O)C(NC)NCC1C. The summed E-state index contributed by atoms with van der Waals surface area (Å²) in [5, 5.41) is 8.64. The zero-order valence-corrected chi connectivity index (χ0v) is 10.0. The van der Waals surface area contributed by atoms with Gasteiger partial charge in [0.05, 0.1) is 6.54 Å². The summed E-state index contributed by atoms with van der Waals surface area (Å²) in [5.74, 6) is -0.188. The zero-order chi connectivity index (χ0) is 12.1. The van der Waals surface area contributed by atoms with Crippen molar-refractivity contribution >= 4 is 11.8 Å². The molecule has 0 bridgehead atoms. The molecule has 6 heteroatoms. The molecule has 1 rings (SSSR count). The van der Waals surface area contributed by atoms with Gasteiger partial charge in [-0.25, -0.2) is 0 Å². The van der Waals surface area contributed by atoms with Crippen molar-refractivity contribution in [2.45, 2.75) is 26.1 Å². The molecule has 0 aliphatic carbocycles. The molecule has 1 saturated heterocycles. The molecule has 3 N–H and O–H groups in total. The van der Waals surface area contributed by atoms with Crippen LogP contribution in [0.15, 0.2) is 0 Å². The van der Waals surface area contributed by atoms with Gasteiger partial charge in [0, 0.05) is 19.1 Å². The third kappa shape index (κ3) is 2.93. The van der Waals surface area contributed by atoms with Crippen LogP contribution in [-0.4, -0.2) is 55.6 Å². The number of hydrogen-bond acceptors (Lipinski definition) is 4. The average Bonchev–Trinajstić information content (AvgIpc) is 2.25. The lowest BCUT2D eigenvalue weighted by atomic mass is 10.2. The van der Waals surface area contributed by atoms with Crippen molar-refractivity contribution in [1.29, 1.82) is 0 Å². The van der Waals surface area contributed by atoms with E-state index in [-0.39, 0.29) is 30.6 Å². The number of likely N-dealkylation sites (N-methyl/N-ethyl adjacent to an activating group) is 2. The number of piperazine rings is 1. The second-order valence-electron chi connectivity index (χ2n) is 3.90. The number of carbonyl (C=O) groups is 2. The fraction of sp³-hybridized carbons (Fsp3) is 0.800. The van der Waals surface area contributed by atoms with Crippen molar-refractivity contribution in [3.8, 4) is 0 Å². The van der Waals surface area contributed by atoms with Crippen LogP contribution < -0.4 is 16.0 Å². The summed E-state index contributed by atoms with van der Waals surface area (Å²) >= 11 is 0. The fourth-order valence-corrected chi connectivity index (χ4v) is 1.74. The Morgan fingerprint density at radius 2 is 2.31 bits per heavy atom. The maximum atomic E-state index is 11.9. The van der Waals surface area contributed by atoms with E-state index in [1.54, 1.807) is 11.9 Å². The molecule has 1 fully saturated rings. The van der Waals surface area contributed by atoms with Crippen molar-refractivity contribution in [1.82, 2.24) is 20.9 Å². The van der Waals surface area contributed by atoms with E-state index in [4.69, 9.17) is 0 Å². The highest BCUT2D eigenvalue weighted by molar-refractivity contribution is 5.88. The Bertz CT molecular complexity index is 270. The first kappa shape index (κ1) is 12.9. The number of nitrogens with one attached hydrogen (secondary N) is 3. The van der Waals surface area contributed by atoms with Crippen LogP contribution in [0, 0.1) is 0 Å². The number of rotatable bonds is 4. The van der Waals surface area contributed by atoms with E-state index in [0.717, 1.165) is 0 Å². The Hall–Kier alpha value is -1.14. The van der Waals surface area contributed by atoms with E-state index in [1.807, 2.05) is 13.8 Å². The van der Waals surface area contributed by atoms with Gasteiger partial charge in [-0.2, -0.15) is 0 Å². The molecule has 92 valence electrons. The third-order valence-electron chi connectivity index (χ3n) is 2.66. The molecule has 2 amide bonds. The smallest absolute Gasteiger partial charge is 0.255 e. The maximum absolute atomic E-state index is 11.9. The topological polar surface area (TPSA) is 73.5 Å². The molecule has 1 heterocycles. The van der Waals surface area contributed by atoms with Gasteiger partial charge in [-0.1, -0.05) is 0 Å². The van der Waals surface area contributed by atoms with Crippen molar-refractivity contribution < 1.29 is 9.59 Å².